The molecule has 0 saturated heterocycles. The highest BCUT2D eigenvalue weighted by molar-refractivity contribution is 7.12. The molecule has 3 rings (SSSR count). The van der Waals surface area contributed by atoms with E-state index < -0.39 is 5.97 Å². The van der Waals surface area contributed by atoms with Gasteiger partial charge in [-0.25, -0.2) is 4.79 Å². The second kappa shape index (κ2) is 7.33. The van der Waals surface area contributed by atoms with E-state index in [1.54, 1.807) is 11.4 Å². The number of amides is 1. The number of carbonyl (C=O) groups is 2. The molecule has 0 spiro atoms. The molecular weight excluding hydrogens is 348 g/mol. The van der Waals surface area contributed by atoms with Crippen molar-refractivity contribution in [1.29, 1.82) is 0 Å². The molecule has 1 N–H and O–H groups in total. The molecule has 0 bridgehead atoms. The number of hydrogen-bond acceptors (Lipinski definition) is 4. The standard InChI is InChI=1S/C20H22N2O3S/c1-5-13-7-8-16-14(11-13)12(3)17(22(16)6-2)19(23)21-15-9-10-26-18(15)20(24)25-4/h7-11H,5-6H2,1-4H3,(H,21,23). The Bertz CT molecular complexity index is 985. The normalized spacial score (nSPS) is 10.9. The van der Waals surface area contributed by atoms with E-state index in [-0.39, 0.29) is 5.91 Å². The summed E-state index contributed by atoms with van der Waals surface area (Å²) in [4.78, 5) is 25.3. The van der Waals surface area contributed by atoms with E-state index in [1.165, 1.54) is 24.0 Å². The quantitative estimate of drug-likeness (QED) is 0.666. The number of rotatable bonds is 5. The van der Waals surface area contributed by atoms with Gasteiger partial charge in [-0.2, -0.15) is 0 Å². The van der Waals surface area contributed by atoms with Crippen LogP contribution in [0.3, 0.4) is 0 Å². The van der Waals surface area contributed by atoms with Crippen LogP contribution in [-0.2, 0) is 17.7 Å². The van der Waals surface area contributed by atoms with Crippen LogP contribution in [0.25, 0.3) is 10.9 Å². The fraction of sp³-hybridized carbons (Fsp3) is 0.300. The Kier molecular flexibility index (Phi) is 5.13. The van der Waals surface area contributed by atoms with E-state index in [4.69, 9.17) is 4.74 Å². The van der Waals surface area contributed by atoms with E-state index in [0.29, 0.717) is 22.8 Å². The van der Waals surface area contributed by atoms with Crippen LogP contribution >= 0.6 is 11.3 Å². The summed E-state index contributed by atoms with van der Waals surface area (Å²) in [5, 5.41) is 5.73. The molecule has 0 aliphatic rings. The Hall–Kier alpha value is -2.60. The van der Waals surface area contributed by atoms with Gasteiger partial charge in [0, 0.05) is 17.4 Å². The highest BCUT2D eigenvalue weighted by Crippen LogP contribution is 2.29. The molecule has 1 amide bonds. The first-order chi connectivity index (χ1) is 12.5. The first-order valence-corrected chi connectivity index (χ1v) is 9.48. The number of anilines is 1. The molecule has 3 aromatic rings. The lowest BCUT2D eigenvalue weighted by Gasteiger charge is -2.10. The minimum atomic E-state index is -0.448. The van der Waals surface area contributed by atoms with Crippen LogP contribution in [0.2, 0.25) is 0 Å². The summed E-state index contributed by atoms with van der Waals surface area (Å²) < 4.78 is 6.80. The van der Waals surface area contributed by atoms with E-state index in [2.05, 4.69) is 30.4 Å². The maximum atomic E-state index is 13.0. The van der Waals surface area contributed by atoms with Crippen LogP contribution < -0.4 is 5.32 Å². The predicted molar refractivity (Wildman–Crippen MR) is 105 cm³/mol. The van der Waals surface area contributed by atoms with Gasteiger partial charge in [-0.15, -0.1) is 11.3 Å². The highest BCUT2D eigenvalue weighted by Gasteiger charge is 2.22. The predicted octanol–water partition coefficient (Wildman–Crippen LogP) is 4.63. The first-order valence-electron chi connectivity index (χ1n) is 8.60. The minimum absolute atomic E-state index is 0.220. The second-order valence-electron chi connectivity index (χ2n) is 6.03. The Morgan fingerprint density at radius 3 is 2.65 bits per heavy atom. The lowest BCUT2D eigenvalue weighted by atomic mass is 10.1. The largest absolute Gasteiger partial charge is 0.465 e. The molecule has 2 aromatic heterocycles. The van der Waals surface area contributed by atoms with Gasteiger partial charge in [0.1, 0.15) is 10.6 Å². The van der Waals surface area contributed by atoms with Crippen molar-refractivity contribution < 1.29 is 14.3 Å². The lowest BCUT2D eigenvalue weighted by Crippen LogP contribution is -2.19. The third kappa shape index (κ3) is 3.01. The van der Waals surface area contributed by atoms with Gasteiger partial charge in [-0.3, -0.25) is 4.79 Å². The van der Waals surface area contributed by atoms with Crippen molar-refractivity contribution >= 4 is 39.8 Å². The van der Waals surface area contributed by atoms with Crippen LogP contribution in [0, 0.1) is 6.92 Å². The number of benzene rings is 1. The van der Waals surface area contributed by atoms with Gasteiger partial charge in [0.15, 0.2) is 0 Å². The Morgan fingerprint density at radius 2 is 2.00 bits per heavy atom. The van der Waals surface area contributed by atoms with Crippen LogP contribution in [0.5, 0.6) is 0 Å². The van der Waals surface area contributed by atoms with Crippen molar-refractivity contribution in [2.24, 2.45) is 0 Å². The third-order valence-electron chi connectivity index (χ3n) is 4.60. The SMILES string of the molecule is CCc1ccc2c(c1)c(C)c(C(=O)Nc1ccsc1C(=O)OC)n2CC. The molecule has 0 aliphatic heterocycles. The highest BCUT2D eigenvalue weighted by atomic mass is 32.1. The molecule has 6 heteroatoms. The summed E-state index contributed by atoms with van der Waals surface area (Å²) in [6, 6.07) is 8.05. The number of ether oxygens (including phenoxy) is 1. The number of fused-ring (bicyclic) bond motifs is 1. The van der Waals surface area contributed by atoms with E-state index in [1.807, 2.05) is 18.4 Å². The van der Waals surface area contributed by atoms with E-state index in [9.17, 15) is 9.59 Å². The molecule has 0 aliphatic carbocycles. The van der Waals surface area contributed by atoms with Crippen molar-refractivity contribution in [3.05, 3.63) is 51.3 Å². The number of carbonyl (C=O) groups excluding carboxylic acids is 2. The number of esters is 1. The van der Waals surface area contributed by atoms with Crippen LogP contribution in [0.4, 0.5) is 5.69 Å². The number of aromatic nitrogens is 1. The maximum Gasteiger partial charge on any atom is 0.350 e. The number of methoxy groups -OCH3 is 1. The molecule has 1 aromatic carbocycles. The molecule has 0 fully saturated rings. The Labute approximate surface area is 156 Å². The summed E-state index contributed by atoms with van der Waals surface area (Å²) in [5.74, 6) is -0.669. The number of thiophene rings is 1. The van der Waals surface area contributed by atoms with Crippen molar-refractivity contribution in [3.63, 3.8) is 0 Å². The molecule has 0 saturated carbocycles. The molecule has 5 nitrogen and oxygen atoms in total. The summed E-state index contributed by atoms with van der Waals surface area (Å²) in [6.45, 7) is 6.80. The molecular formula is C20H22N2O3S. The minimum Gasteiger partial charge on any atom is -0.465 e. The molecule has 2 heterocycles. The topological polar surface area (TPSA) is 60.3 Å². The Balaban J connectivity index is 2.05. The summed E-state index contributed by atoms with van der Waals surface area (Å²) in [7, 11) is 1.33. The summed E-state index contributed by atoms with van der Waals surface area (Å²) in [6.07, 6.45) is 0.950. The van der Waals surface area contributed by atoms with Crippen molar-refractivity contribution in [1.82, 2.24) is 4.57 Å². The fourth-order valence-electron chi connectivity index (χ4n) is 3.25. The zero-order chi connectivity index (χ0) is 18.8. The van der Waals surface area contributed by atoms with E-state index >= 15 is 0 Å². The van der Waals surface area contributed by atoms with Crippen molar-refractivity contribution in [3.8, 4) is 0 Å². The van der Waals surface area contributed by atoms with Gasteiger partial charge < -0.3 is 14.6 Å². The lowest BCUT2D eigenvalue weighted by molar-refractivity contribution is 0.0607. The fourth-order valence-corrected chi connectivity index (χ4v) is 4.02. The van der Waals surface area contributed by atoms with Crippen LogP contribution in [-0.4, -0.2) is 23.6 Å². The molecule has 0 atom stereocenters. The summed E-state index contributed by atoms with van der Waals surface area (Å²) >= 11 is 1.25. The van der Waals surface area contributed by atoms with Gasteiger partial charge in [0.05, 0.1) is 12.8 Å². The zero-order valence-electron chi connectivity index (χ0n) is 15.4. The van der Waals surface area contributed by atoms with Gasteiger partial charge in [0.25, 0.3) is 5.91 Å². The molecule has 0 unspecified atom stereocenters. The molecule has 26 heavy (non-hydrogen) atoms. The monoisotopic (exact) mass is 370 g/mol. The van der Waals surface area contributed by atoms with Gasteiger partial charge >= 0.3 is 5.97 Å². The van der Waals surface area contributed by atoms with Gasteiger partial charge in [0.2, 0.25) is 0 Å². The number of hydrogen-bond donors (Lipinski definition) is 1. The number of aryl methyl sites for hydroxylation is 3. The molecule has 136 valence electrons. The van der Waals surface area contributed by atoms with Gasteiger partial charge in [-0.1, -0.05) is 13.0 Å². The molecule has 0 radical (unpaired) electrons. The third-order valence-corrected chi connectivity index (χ3v) is 5.50. The summed E-state index contributed by atoms with van der Waals surface area (Å²) in [5.41, 5.74) is 4.34. The average molecular weight is 370 g/mol. The number of nitrogens with one attached hydrogen (secondary N) is 1. The van der Waals surface area contributed by atoms with E-state index in [0.717, 1.165) is 22.9 Å². The van der Waals surface area contributed by atoms with Gasteiger partial charge in [-0.05, 0) is 55.0 Å². The maximum absolute atomic E-state index is 13.0. The average Bonchev–Trinajstić information content (AvgIpc) is 3.22. The zero-order valence-corrected chi connectivity index (χ0v) is 16.2. The van der Waals surface area contributed by atoms with Crippen molar-refractivity contribution in [2.75, 3.05) is 12.4 Å². The first kappa shape index (κ1) is 18.2. The number of nitrogens with zero attached hydrogens (tertiary/aromatic N) is 1. The Morgan fingerprint density at radius 1 is 1.23 bits per heavy atom. The van der Waals surface area contributed by atoms with Crippen LogP contribution in [0.1, 0.15) is 45.1 Å². The van der Waals surface area contributed by atoms with Crippen molar-refractivity contribution in [2.45, 2.75) is 33.7 Å². The smallest absolute Gasteiger partial charge is 0.350 e. The van der Waals surface area contributed by atoms with Crippen LogP contribution in [0.15, 0.2) is 29.6 Å². The second-order valence-corrected chi connectivity index (χ2v) is 6.95.